The first-order valence-electron chi connectivity index (χ1n) is 7.72. The van der Waals surface area contributed by atoms with E-state index in [1.165, 1.54) is 17.3 Å². The number of benzene rings is 1. The molecule has 0 amide bonds. The molecule has 0 spiro atoms. The van der Waals surface area contributed by atoms with E-state index in [2.05, 4.69) is 46.4 Å². The molecule has 3 aromatic rings. The van der Waals surface area contributed by atoms with Gasteiger partial charge in [0.15, 0.2) is 11.0 Å². The van der Waals surface area contributed by atoms with Crippen molar-refractivity contribution in [3.8, 4) is 17.1 Å². The van der Waals surface area contributed by atoms with Gasteiger partial charge in [-0.3, -0.25) is 9.55 Å². The van der Waals surface area contributed by atoms with Gasteiger partial charge in [-0.2, -0.15) is 0 Å². The van der Waals surface area contributed by atoms with Crippen LogP contribution in [0.4, 0.5) is 0 Å². The monoisotopic (exact) mass is 340 g/mol. The van der Waals surface area contributed by atoms with Crippen LogP contribution in [0.25, 0.3) is 17.1 Å². The van der Waals surface area contributed by atoms with E-state index in [1.54, 1.807) is 26.2 Å². The second-order valence-corrected chi connectivity index (χ2v) is 7.26. The smallest absolute Gasteiger partial charge is 0.196 e. The lowest BCUT2D eigenvalue weighted by Gasteiger charge is -2.16. The van der Waals surface area contributed by atoms with Crippen molar-refractivity contribution in [2.24, 2.45) is 0 Å². The van der Waals surface area contributed by atoms with E-state index >= 15 is 0 Å². The quantitative estimate of drug-likeness (QED) is 0.720. The summed E-state index contributed by atoms with van der Waals surface area (Å²) in [6.45, 7) is 5.64. The maximum Gasteiger partial charge on any atom is 0.196 e. The minimum absolute atomic E-state index is 0.535. The highest BCUT2D eigenvalue weighted by molar-refractivity contribution is 7.99. The molecule has 0 aliphatic carbocycles. The standard InChI is InChI=1S/C18H20N4OS/c1-13-4-6-15(7-5-13)22-16(14-8-10-19-11-9-14)20-21-17(22)24-12-18(2,3)23/h4-11,23H,12H2,1-3H3. The number of aromatic nitrogens is 4. The van der Waals surface area contributed by atoms with E-state index in [0.717, 1.165) is 22.2 Å². The van der Waals surface area contributed by atoms with Crippen LogP contribution in [-0.4, -0.2) is 36.2 Å². The fourth-order valence-electron chi connectivity index (χ4n) is 2.22. The van der Waals surface area contributed by atoms with Crippen LogP contribution in [0.2, 0.25) is 0 Å². The lowest BCUT2D eigenvalue weighted by molar-refractivity contribution is 0.107. The van der Waals surface area contributed by atoms with Crippen molar-refractivity contribution in [3.05, 3.63) is 54.4 Å². The molecule has 0 aliphatic rings. The zero-order chi connectivity index (χ0) is 17.2. The van der Waals surface area contributed by atoms with Gasteiger partial charge >= 0.3 is 0 Å². The van der Waals surface area contributed by atoms with Crippen LogP contribution >= 0.6 is 11.8 Å². The number of aliphatic hydroxyl groups is 1. The van der Waals surface area contributed by atoms with Gasteiger partial charge in [0, 0.05) is 29.4 Å². The first-order chi connectivity index (χ1) is 11.4. The summed E-state index contributed by atoms with van der Waals surface area (Å²) in [6, 6.07) is 12.1. The second kappa shape index (κ2) is 6.75. The molecule has 3 rings (SSSR count). The summed E-state index contributed by atoms with van der Waals surface area (Å²) < 4.78 is 2.02. The van der Waals surface area contributed by atoms with Crippen LogP contribution in [0, 0.1) is 6.92 Å². The Labute approximate surface area is 145 Å². The molecule has 24 heavy (non-hydrogen) atoms. The number of thioether (sulfide) groups is 1. The zero-order valence-corrected chi connectivity index (χ0v) is 14.8. The number of hydrogen-bond acceptors (Lipinski definition) is 5. The summed E-state index contributed by atoms with van der Waals surface area (Å²) in [7, 11) is 0. The molecule has 1 aromatic carbocycles. The number of pyridine rings is 1. The van der Waals surface area contributed by atoms with E-state index in [4.69, 9.17) is 0 Å². The molecule has 0 radical (unpaired) electrons. The summed E-state index contributed by atoms with van der Waals surface area (Å²) in [4.78, 5) is 4.06. The largest absolute Gasteiger partial charge is 0.390 e. The molecule has 0 unspecified atom stereocenters. The van der Waals surface area contributed by atoms with Gasteiger partial charge in [0.1, 0.15) is 0 Å². The highest BCUT2D eigenvalue weighted by Gasteiger charge is 2.19. The van der Waals surface area contributed by atoms with Gasteiger partial charge in [-0.15, -0.1) is 10.2 Å². The predicted octanol–water partition coefficient (Wildman–Crippen LogP) is 3.50. The van der Waals surface area contributed by atoms with E-state index in [0.29, 0.717) is 5.75 Å². The highest BCUT2D eigenvalue weighted by Crippen LogP contribution is 2.29. The summed E-state index contributed by atoms with van der Waals surface area (Å²) in [6.07, 6.45) is 3.49. The van der Waals surface area contributed by atoms with E-state index in [1.807, 2.05) is 16.7 Å². The average molecular weight is 340 g/mol. The molecule has 2 heterocycles. The van der Waals surface area contributed by atoms with Crippen molar-refractivity contribution in [2.45, 2.75) is 31.5 Å². The Bertz CT molecular complexity index is 807. The van der Waals surface area contributed by atoms with Crippen molar-refractivity contribution in [3.63, 3.8) is 0 Å². The van der Waals surface area contributed by atoms with Crippen molar-refractivity contribution in [1.82, 2.24) is 19.7 Å². The third-order valence-corrected chi connectivity index (χ3v) is 4.79. The highest BCUT2D eigenvalue weighted by atomic mass is 32.2. The zero-order valence-electron chi connectivity index (χ0n) is 14.0. The fraction of sp³-hybridized carbons (Fsp3) is 0.278. The van der Waals surface area contributed by atoms with E-state index in [9.17, 15) is 5.11 Å². The summed E-state index contributed by atoms with van der Waals surface area (Å²) in [5, 5.41) is 19.5. The lowest BCUT2D eigenvalue weighted by Crippen LogP contribution is -2.22. The molecule has 2 aromatic heterocycles. The summed E-state index contributed by atoms with van der Waals surface area (Å²) in [5.41, 5.74) is 2.37. The Balaban J connectivity index is 2.07. The normalized spacial score (nSPS) is 11.7. The molecule has 0 bridgehead atoms. The predicted molar refractivity (Wildman–Crippen MR) is 96.3 cm³/mol. The van der Waals surface area contributed by atoms with Crippen LogP contribution in [0.15, 0.2) is 53.9 Å². The topological polar surface area (TPSA) is 63.8 Å². The van der Waals surface area contributed by atoms with Crippen molar-refractivity contribution < 1.29 is 5.11 Å². The molecule has 0 aliphatic heterocycles. The van der Waals surface area contributed by atoms with Gasteiger partial charge in [0.25, 0.3) is 0 Å². The Morgan fingerprint density at radius 3 is 2.33 bits per heavy atom. The first-order valence-corrected chi connectivity index (χ1v) is 8.71. The third kappa shape index (κ3) is 3.83. The van der Waals surface area contributed by atoms with Crippen LogP contribution < -0.4 is 0 Å². The minimum Gasteiger partial charge on any atom is -0.390 e. The fourth-order valence-corrected chi connectivity index (χ4v) is 3.12. The lowest BCUT2D eigenvalue weighted by atomic mass is 10.2. The molecule has 0 fully saturated rings. The van der Waals surface area contributed by atoms with E-state index < -0.39 is 5.60 Å². The SMILES string of the molecule is Cc1ccc(-n2c(SCC(C)(C)O)nnc2-c2ccncc2)cc1. The summed E-state index contributed by atoms with van der Waals surface area (Å²) in [5.74, 6) is 1.30. The van der Waals surface area contributed by atoms with Gasteiger partial charge in [0.2, 0.25) is 0 Å². The Hall–Kier alpha value is -2.18. The van der Waals surface area contributed by atoms with Crippen molar-refractivity contribution in [2.75, 3.05) is 5.75 Å². The minimum atomic E-state index is -0.772. The van der Waals surface area contributed by atoms with Crippen LogP contribution in [0.3, 0.4) is 0 Å². The van der Waals surface area contributed by atoms with Crippen molar-refractivity contribution >= 4 is 11.8 Å². The Morgan fingerprint density at radius 1 is 1.04 bits per heavy atom. The maximum absolute atomic E-state index is 10.0. The average Bonchev–Trinajstić information content (AvgIpc) is 2.98. The third-order valence-electron chi connectivity index (χ3n) is 3.42. The molecule has 1 N–H and O–H groups in total. The number of rotatable bonds is 5. The van der Waals surface area contributed by atoms with Gasteiger partial charge in [-0.1, -0.05) is 29.5 Å². The second-order valence-electron chi connectivity index (χ2n) is 6.31. The molecule has 124 valence electrons. The first kappa shape index (κ1) is 16.7. The van der Waals surface area contributed by atoms with Crippen LogP contribution in [0.1, 0.15) is 19.4 Å². The Kier molecular flexibility index (Phi) is 4.69. The van der Waals surface area contributed by atoms with Crippen LogP contribution in [0.5, 0.6) is 0 Å². The molecule has 0 saturated carbocycles. The molecule has 5 nitrogen and oxygen atoms in total. The van der Waals surface area contributed by atoms with Crippen molar-refractivity contribution in [1.29, 1.82) is 0 Å². The van der Waals surface area contributed by atoms with Gasteiger partial charge < -0.3 is 5.11 Å². The number of hydrogen-bond donors (Lipinski definition) is 1. The maximum atomic E-state index is 10.0. The molecule has 6 heteroatoms. The van der Waals surface area contributed by atoms with Gasteiger partial charge in [-0.05, 0) is 45.0 Å². The molecule has 0 atom stereocenters. The molecular formula is C18H20N4OS. The number of nitrogens with zero attached hydrogens (tertiary/aromatic N) is 4. The van der Waals surface area contributed by atoms with Gasteiger partial charge in [0.05, 0.1) is 5.60 Å². The molecule has 0 saturated heterocycles. The van der Waals surface area contributed by atoms with Gasteiger partial charge in [-0.25, -0.2) is 0 Å². The molecular weight excluding hydrogens is 320 g/mol. The summed E-state index contributed by atoms with van der Waals surface area (Å²) >= 11 is 1.49. The van der Waals surface area contributed by atoms with Crippen LogP contribution in [-0.2, 0) is 0 Å². The number of aryl methyl sites for hydroxylation is 1. The Morgan fingerprint density at radius 2 is 1.71 bits per heavy atom. The van der Waals surface area contributed by atoms with E-state index in [-0.39, 0.29) is 0 Å².